The minimum absolute atomic E-state index is 0.0800. The second-order valence-electron chi connectivity index (χ2n) is 5.53. The predicted molar refractivity (Wildman–Crippen MR) is 85.3 cm³/mol. The van der Waals surface area contributed by atoms with Crippen LogP contribution in [-0.2, 0) is 11.3 Å². The Morgan fingerprint density at radius 3 is 2.90 bits per heavy atom. The standard InChI is InChI=1S/C15H24N4OS/c1-3-9-19-12(2)17-18-15(19)21-11-14(20)16-10-13-7-5-4-6-8-13/h3,13H,1,4-11H2,2H3,(H,16,20). The summed E-state index contributed by atoms with van der Waals surface area (Å²) in [6.45, 7) is 7.12. The van der Waals surface area contributed by atoms with Gasteiger partial charge in [0.25, 0.3) is 0 Å². The van der Waals surface area contributed by atoms with Crippen LogP contribution >= 0.6 is 11.8 Å². The van der Waals surface area contributed by atoms with E-state index >= 15 is 0 Å². The second-order valence-corrected chi connectivity index (χ2v) is 6.47. The molecule has 0 aromatic carbocycles. The number of rotatable bonds is 7. The molecule has 1 aromatic heterocycles. The van der Waals surface area contributed by atoms with Crippen LogP contribution in [0.1, 0.15) is 37.9 Å². The highest BCUT2D eigenvalue weighted by Crippen LogP contribution is 2.23. The van der Waals surface area contributed by atoms with Crippen LogP contribution in [0.5, 0.6) is 0 Å². The van der Waals surface area contributed by atoms with Crippen molar-refractivity contribution in [1.29, 1.82) is 0 Å². The van der Waals surface area contributed by atoms with Crippen LogP contribution < -0.4 is 5.32 Å². The highest BCUT2D eigenvalue weighted by Gasteiger charge is 2.15. The van der Waals surface area contributed by atoms with E-state index in [1.165, 1.54) is 43.9 Å². The summed E-state index contributed by atoms with van der Waals surface area (Å²) in [6, 6.07) is 0. The Labute approximate surface area is 130 Å². The minimum Gasteiger partial charge on any atom is -0.355 e. The smallest absolute Gasteiger partial charge is 0.230 e. The number of carbonyl (C=O) groups excluding carboxylic acids is 1. The molecule has 2 rings (SSSR count). The van der Waals surface area contributed by atoms with Crippen LogP contribution in [0.4, 0.5) is 0 Å². The first-order valence-electron chi connectivity index (χ1n) is 7.61. The molecule has 0 aliphatic heterocycles. The molecule has 0 spiro atoms. The number of hydrogen-bond donors (Lipinski definition) is 1. The van der Waals surface area contributed by atoms with Crippen LogP contribution in [0.15, 0.2) is 17.8 Å². The fraction of sp³-hybridized carbons (Fsp3) is 0.667. The highest BCUT2D eigenvalue weighted by atomic mass is 32.2. The number of allylic oxidation sites excluding steroid dienone is 1. The van der Waals surface area contributed by atoms with Crippen molar-refractivity contribution in [2.24, 2.45) is 5.92 Å². The molecule has 1 saturated carbocycles. The van der Waals surface area contributed by atoms with E-state index in [0.29, 0.717) is 18.2 Å². The Hall–Kier alpha value is -1.30. The topological polar surface area (TPSA) is 59.8 Å². The molecule has 1 aromatic rings. The van der Waals surface area contributed by atoms with Gasteiger partial charge in [0, 0.05) is 13.1 Å². The summed E-state index contributed by atoms with van der Waals surface area (Å²) >= 11 is 1.43. The number of aryl methyl sites for hydroxylation is 1. The summed E-state index contributed by atoms with van der Waals surface area (Å²) in [6.07, 6.45) is 8.27. The maximum Gasteiger partial charge on any atom is 0.230 e. The first-order valence-corrected chi connectivity index (χ1v) is 8.59. The summed E-state index contributed by atoms with van der Waals surface area (Å²) < 4.78 is 1.96. The minimum atomic E-state index is 0.0800. The summed E-state index contributed by atoms with van der Waals surface area (Å²) in [5, 5.41) is 12.0. The molecular formula is C15H24N4OS. The maximum atomic E-state index is 11.9. The van der Waals surface area contributed by atoms with Crippen LogP contribution in [0.2, 0.25) is 0 Å². The van der Waals surface area contributed by atoms with Crippen molar-refractivity contribution in [3.63, 3.8) is 0 Å². The fourth-order valence-corrected chi connectivity index (χ4v) is 3.46. The van der Waals surface area contributed by atoms with E-state index in [-0.39, 0.29) is 5.91 Å². The Balaban J connectivity index is 1.74. The number of amides is 1. The SMILES string of the molecule is C=CCn1c(C)nnc1SCC(=O)NCC1CCCCC1. The summed E-state index contributed by atoms with van der Waals surface area (Å²) in [7, 11) is 0. The largest absolute Gasteiger partial charge is 0.355 e. The van der Waals surface area contributed by atoms with E-state index in [0.717, 1.165) is 17.5 Å². The van der Waals surface area contributed by atoms with Crippen molar-refractivity contribution in [2.45, 2.75) is 50.7 Å². The molecule has 1 heterocycles. The Morgan fingerprint density at radius 2 is 2.19 bits per heavy atom. The molecule has 0 atom stereocenters. The average Bonchev–Trinajstić information content (AvgIpc) is 2.85. The number of hydrogen-bond acceptors (Lipinski definition) is 4. The van der Waals surface area contributed by atoms with Crippen molar-refractivity contribution >= 4 is 17.7 Å². The van der Waals surface area contributed by atoms with Gasteiger partial charge in [0.2, 0.25) is 5.91 Å². The van der Waals surface area contributed by atoms with Crippen molar-refractivity contribution in [3.05, 3.63) is 18.5 Å². The van der Waals surface area contributed by atoms with Crippen LogP contribution in [0.3, 0.4) is 0 Å². The van der Waals surface area contributed by atoms with Gasteiger partial charge in [0.15, 0.2) is 5.16 Å². The molecule has 6 heteroatoms. The molecule has 1 N–H and O–H groups in total. The molecule has 0 radical (unpaired) electrons. The zero-order valence-electron chi connectivity index (χ0n) is 12.7. The van der Waals surface area contributed by atoms with E-state index in [1.807, 2.05) is 17.6 Å². The van der Waals surface area contributed by atoms with E-state index < -0.39 is 0 Å². The third kappa shape index (κ3) is 4.88. The molecule has 1 aliphatic carbocycles. The molecule has 0 saturated heterocycles. The number of nitrogens with one attached hydrogen (secondary N) is 1. The van der Waals surface area contributed by atoms with Gasteiger partial charge in [-0.25, -0.2) is 0 Å². The van der Waals surface area contributed by atoms with Crippen LogP contribution in [0, 0.1) is 12.8 Å². The molecule has 116 valence electrons. The number of aromatic nitrogens is 3. The highest BCUT2D eigenvalue weighted by molar-refractivity contribution is 7.99. The van der Waals surface area contributed by atoms with E-state index in [9.17, 15) is 4.79 Å². The van der Waals surface area contributed by atoms with Crippen LogP contribution in [0.25, 0.3) is 0 Å². The molecule has 1 amide bonds. The van der Waals surface area contributed by atoms with Crippen molar-refractivity contribution in [3.8, 4) is 0 Å². The zero-order valence-corrected chi connectivity index (χ0v) is 13.5. The molecule has 21 heavy (non-hydrogen) atoms. The van der Waals surface area contributed by atoms with Gasteiger partial charge in [-0.15, -0.1) is 16.8 Å². The number of carbonyl (C=O) groups is 1. The van der Waals surface area contributed by atoms with Crippen molar-refractivity contribution in [2.75, 3.05) is 12.3 Å². The van der Waals surface area contributed by atoms with Gasteiger partial charge in [-0.05, 0) is 25.7 Å². The summed E-state index contributed by atoms with van der Waals surface area (Å²) in [4.78, 5) is 11.9. The Bertz CT molecular complexity index is 480. The lowest BCUT2D eigenvalue weighted by molar-refractivity contribution is -0.118. The molecule has 1 aliphatic rings. The Morgan fingerprint density at radius 1 is 1.43 bits per heavy atom. The molecule has 5 nitrogen and oxygen atoms in total. The quantitative estimate of drug-likeness (QED) is 0.621. The number of nitrogens with zero attached hydrogens (tertiary/aromatic N) is 3. The lowest BCUT2D eigenvalue weighted by atomic mass is 9.89. The lowest BCUT2D eigenvalue weighted by Gasteiger charge is -2.21. The Kier molecular flexibility index (Phi) is 6.29. The second kappa shape index (κ2) is 8.22. The van der Waals surface area contributed by atoms with E-state index in [1.54, 1.807) is 0 Å². The number of thioether (sulfide) groups is 1. The zero-order chi connectivity index (χ0) is 15.1. The molecule has 0 bridgehead atoms. The fourth-order valence-electron chi connectivity index (χ4n) is 2.64. The maximum absolute atomic E-state index is 11.9. The third-order valence-electron chi connectivity index (χ3n) is 3.86. The van der Waals surface area contributed by atoms with Crippen molar-refractivity contribution in [1.82, 2.24) is 20.1 Å². The monoisotopic (exact) mass is 308 g/mol. The summed E-state index contributed by atoms with van der Waals surface area (Å²) in [5.74, 6) is 1.98. The van der Waals surface area contributed by atoms with Gasteiger partial charge in [-0.2, -0.15) is 0 Å². The molecular weight excluding hydrogens is 284 g/mol. The first-order chi connectivity index (χ1) is 10.2. The first kappa shape index (κ1) is 16.1. The van der Waals surface area contributed by atoms with Crippen molar-refractivity contribution < 1.29 is 4.79 Å². The lowest BCUT2D eigenvalue weighted by Crippen LogP contribution is -2.31. The summed E-state index contributed by atoms with van der Waals surface area (Å²) in [5.41, 5.74) is 0. The normalized spacial score (nSPS) is 15.9. The molecule has 1 fully saturated rings. The van der Waals surface area contributed by atoms with Crippen LogP contribution in [-0.4, -0.2) is 33.0 Å². The van der Waals surface area contributed by atoms with Gasteiger partial charge in [-0.3, -0.25) is 4.79 Å². The third-order valence-corrected chi connectivity index (χ3v) is 4.83. The van der Waals surface area contributed by atoms with E-state index in [2.05, 4.69) is 22.1 Å². The van der Waals surface area contributed by atoms with Gasteiger partial charge >= 0.3 is 0 Å². The average molecular weight is 308 g/mol. The van der Waals surface area contributed by atoms with Gasteiger partial charge in [0.05, 0.1) is 5.75 Å². The molecule has 0 unspecified atom stereocenters. The van der Waals surface area contributed by atoms with Gasteiger partial charge < -0.3 is 9.88 Å². The van der Waals surface area contributed by atoms with E-state index in [4.69, 9.17) is 0 Å². The van der Waals surface area contributed by atoms with Gasteiger partial charge in [-0.1, -0.05) is 37.1 Å². The van der Waals surface area contributed by atoms with Gasteiger partial charge in [0.1, 0.15) is 5.82 Å². The predicted octanol–water partition coefficient (Wildman–Crippen LogP) is 2.56.